The van der Waals surface area contributed by atoms with Gasteiger partial charge in [0.15, 0.2) is 5.75 Å². The number of rotatable bonds is 1. The SMILES string of the molecule is Cc1cc2cc(C(C)C)cc3c2c(c1C)-c1c(cc2c(F)cccc2[n+]1C)O3. The molecular formula is C25H23FNO+. The Labute approximate surface area is 164 Å². The first-order valence-corrected chi connectivity index (χ1v) is 9.74. The summed E-state index contributed by atoms with van der Waals surface area (Å²) >= 11 is 0. The zero-order valence-corrected chi connectivity index (χ0v) is 16.9. The van der Waals surface area contributed by atoms with Crippen LogP contribution in [0.25, 0.3) is 32.9 Å². The average Bonchev–Trinajstić information content (AvgIpc) is 2.65. The van der Waals surface area contributed by atoms with Gasteiger partial charge < -0.3 is 4.74 Å². The van der Waals surface area contributed by atoms with Crippen LogP contribution >= 0.6 is 0 Å². The molecule has 3 heteroatoms. The molecule has 0 bridgehead atoms. The molecule has 2 nitrogen and oxygen atoms in total. The quantitative estimate of drug-likeness (QED) is 0.307. The summed E-state index contributed by atoms with van der Waals surface area (Å²) in [6.07, 6.45) is 0. The molecule has 0 spiro atoms. The van der Waals surface area contributed by atoms with Gasteiger partial charge in [0.1, 0.15) is 18.6 Å². The molecule has 0 atom stereocenters. The van der Waals surface area contributed by atoms with E-state index in [-0.39, 0.29) is 5.82 Å². The van der Waals surface area contributed by atoms with Crippen molar-refractivity contribution in [3.05, 3.63) is 65.0 Å². The third-order valence-electron chi connectivity index (χ3n) is 6.10. The summed E-state index contributed by atoms with van der Waals surface area (Å²) in [5.74, 6) is 1.75. The van der Waals surface area contributed by atoms with Crippen LogP contribution < -0.4 is 9.30 Å². The lowest BCUT2D eigenvalue weighted by Crippen LogP contribution is -2.33. The number of aromatic nitrogens is 1. The van der Waals surface area contributed by atoms with Crippen molar-refractivity contribution in [3.8, 4) is 22.8 Å². The number of nitrogens with zero attached hydrogens (tertiary/aromatic N) is 1. The molecule has 1 aliphatic rings. The van der Waals surface area contributed by atoms with Crippen LogP contribution in [0.15, 0.2) is 42.5 Å². The fourth-order valence-electron chi connectivity index (χ4n) is 4.41. The Bertz CT molecular complexity index is 1300. The molecule has 0 saturated carbocycles. The Morgan fingerprint density at radius 3 is 2.54 bits per heavy atom. The minimum Gasteiger partial charge on any atom is -0.450 e. The summed E-state index contributed by atoms with van der Waals surface area (Å²) in [4.78, 5) is 0. The number of hydrogen-bond donors (Lipinski definition) is 0. The molecule has 3 aromatic carbocycles. The van der Waals surface area contributed by atoms with Crippen molar-refractivity contribution in [2.45, 2.75) is 33.6 Å². The van der Waals surface area contributed by atoms with E-state index in [4.69, 9.17) is 4.74 Å². The van der Waals surface area contributed by atoms with Crippen molar-refractivity contribution in [1.29, 1.82) is 0 Å². The number of halogens is 1. The van der Waals surface area contributed by atoms with Gasteiger partial charge in [-0.15, -0.1) is 0 Å². The maximum Gasteiger partial charge on any atom is 0.256 e. The Kier molecular flexibility index (Phi) is 3.54. The van der Waals surface area contributed by atoms with Gasteiger partial charge in [-0.2, -0.15) is 4.57 Å². The fraction of sp³-hybridized carbons (Fsp3) is 0.240. The summed E-state index contributed by atoms with van der Waals surface area (Å²) in [6, 6.07) is 13.7. The molecule has 140 valence electrons. The Morgan fingerprint density at radius 1 is 1.00 bits per heavy atom. The van der Waals surface area contributed by atoms with E-state index in [1.807, 2.05) is 19.2 Å². The van der Waals surface area contributed by atoms with Gasteiger partial charge in [-0.05, 0) is 54.0 Å². The first kappa shape index (κ1) is 17.2. The van der Waals surface area contributed by atoms with Crippen molar-refractivity contribution >= 4 is 21.7 Å². The van der Waals surface area contributed by atoms with E-state index in [9.17, 15) is 4.39 Å². The van der Waals surface area contributed by atoms with Gasteiger partial charge in [-0.3, -0.25) is 0 Å². The average molecular weight is 372 g/mol. The van der Waals surface area contributed by atoms with Crippen molar-refractivity contribution in [1.82, 2.24) is 0 Å². The maximum atomic E-state index is 14.5. The van der Waals surface area contributed by atoms with E-state index in [0.717, 1.165) is 22.3 Å². The molecule has 5 rings (SSSR count). The molecule has 1 aromatic heterocycles. The summed E-state index contributed by atoms with van der Waals surface area (Å²) in [6.45, 7) is 8.70. The number of hydrogen-bond acceptors (Lipinski definition) is 1. The highest BCUT2D eigenvalue weighted by atomic mass is 19.1. The Hall–Kier alpha value is -2.94. The van der Waals surface area contributed by atoms with Crippen LogP contribution in [0, 0.1) is 19.7 Å². The largest absolute Gasteiger partial charge is 0.450 e. The van der Waals surface area contributed by atoms with Crippen LogP contribution in [-0.4, -0.2) is 0 Å². The zero-order chi connectivity index (χ0) is 19.7. The van der Waals surface area contributed by atoms with Crippen LogP contribution in [0.3, 0.4) is 0 Å². The van der Waals surface area contributed by atoms with Crippen molar-refractivity contribution < 1.29 is 13.7 Å². The van der Waals surface area contributed by atoms with Gasteiger partial charge in [0.05, 0.1) is 10.9 Å². The molecule has 2 heterocycles. The summed E-state index contributed by atoms with van der Waals surface area (Å²) in [5.41, 5.74) is 6.79. The summed E-state index contributed by atoms with van der Waals surface area (Å²) < 4.78 is 23.0. The van der Waals surface area contributed by atoms with E-state index in [2.05, 4.69) is 50.5 Å². The highest BCUT2D eigenvalue weighted by Crippen LogP contribution is 2.49. The van der Waals surface area contributed by atoms with Gasteiger partial charge in [0.25, 0.3) is 5.69 Å². The molecule has 0 fully saturated rings. The standard InChI is InChI=1S/C25H23FNO/c1-13(2)16-10-17-9-14(3)15(4)23-24(17)21(11-16)28-22-12-18-19(26)7-6-8-20(18)27(5)25(22)23/h6-13H,1-5H3/q+1. The number of benzene rings is 3. The monoisotopic (exact) mass is 372 g/mol. The summed E-state index contributed by atoms with van der Waals surface area (Å²) in [5, 5.41) is 2.92. The van der Waals surface area contributed by atoms with Gasteiger partial charge in [-0.25, -0.2) is 4.39 Å². The first-order chi connectivity index (χ1) is 13.4. The minimum absolute atomic E-state index is 0.229. The number of fused-ring (bicyclic) bond motifs is 3. The molecule has 1 aliphatic heterocycles. The summed E-state index contributed by atoms with van der Waals surface area (Å²) in [7, 11) is 1.99. The molecule has 28 heavy (non-hydrogen) atoms. The van der Waals surface area contributed by atoms with Crippen molar-refractivity contribution in [3.63, 3.8) is 0 Å². The molecule has 0 saturated heterocycles. The highest BCUT2D eigenvalue weighted by molar-refractivity contribution is 6.05. The minimum atomic E-state index is -0.229. The molecule has 0 unspecified atom stereocenters. The van der Waals surface area contributed by atoms with Gasteiger partial charge in [-0.1, -0.05) is 32.0 Å². The second-order valence-electron chi connectivity index (χ2n) is 8.16. The van der Waals surface area contributed by atoms with Gasteiger partial charge in [0, 0.05) is 17.5 Å². The zero-order valence-electron chi connectivity index (χ0n) is 16.9. The number of ether oxygens (including phenoxy) is 1. The van der Waals surface area contributed by atoms with Gasteiger partial charge >= 0.3 is 0 Å². The van der Waals surface area contributed by atoms with Crippen LogP contribution in [0.1, 0.15) is 36.5 Å². The molecule has 0 radical (unpaired) electrons. The maximum absolute atomic E-state index is 14.5. The van der Waals surface area contributed by atoms with Crippen molar-refractivity contribution in [2.24, 2.45) is 7.05 Å². The molecular weight excluding hydrogens is 349 g/mol. The molecule has 0 N–H and O–H groups in total. The normalized spacial score (nSPS) is 12.5. The van der Waals surface area contributed by atoms with E-state index >= 15 is 0 Å². The van der Waals surface area contributed by atoms with Crippen LogP contribution in [0.4, 0.5) is 4.39 Å². The van der Waals surface area contributed by atoms with E-state index in [1.165, 1.54) is 33.7 Å². The number of aryl methyl sites for hydroxylation is 2. The third-order valence-corrected chi connectivity index (χ3v) is 6.10. The predicted octanol–water partition coefficient (Wildman–Crippen LogP) is 6.47. The molecule has 4 aromatic rings. The van der Waals surface area contributed by atoms with Crippen LogP contribution in [0.5, 0.6) is 11.5 Å². The van der Waals surface area contributed by atoms with Crippen LogP contribution in [0.2, 0.25) is 0 Å². The Morgan fingerprint density at radius 2 is 1.79 bits per heavy atom. The lowest BCUT2D eigenvalue weighted by atomic mass is 9.88. The fourth-order valence-corrected chi connectivity index (χ4v) is 4.41. The predicted molar refractivity (Wildman–Crippen MR) is 112 cm³/mol. The van der Waals surface area contributed by atoms with Crippen molar-refractivity contribution in [2.75, 3.05) is 0 Å². The smallest absolute Gasteiger partial charge is 0.256 e. The van der Waals surface area contributed by atoms with Crippen LogP contribution in [-0.2, 0) is 7.05 Å². The molecule has 0 amide bonds. The van der Waals surface area contributed by atoms with E-state index in [1.54, 1.807) is 6.07 Å². The highest BCUT2D eigenvalue weighted by Gasteiger charge is 2.32. The first-order valence-electron chi connectivity index (χ1n) is 9.74. The van der Waals surface area contributed by atoms with E-state index in [0.29, 0.717) is 17.1 Å². The molecule has 0 aliphatic carbocycles. The lowest BCUT2D eigenvalue weighted by molar-refractivity contribution is -0.633. The topological polar surface area (TPSA) is 13.1 Å². The third kappa shape index (κ3) is 2.22. The second-order valence-corrected chi connectivity index (χ2v) is 8.16. The lowest BCUT2D eigenvalue weighted by Gasteiger charge is -2.23. The second kappa shape index (κ2) is 5.78. The Balaban J connectivity index is 1.98. The van der Waals surface area contributed by atoms with Gasteiger partial charge in [0.2, 0.25) is 5.52 Å². The van der Waals surface area contributed by atoms with E-state index < -0.39 is 0 Å². The number of pyridine rings is 1.